The van der Waals surface area contributed by atoms with Crippen molar-refractivity contribution in [1.29, 1.82) is 0 Å². The summed E-state index contributed by atoms with van der Waals surface area (Å²) in [6, 6.07) is 57.0. The molecule has 252 valence electrons. The lowest BCUT2D eigenvalue weighted by Crippen LogP contribution is -2.17. The Bertz CT molecular complexity index is 2580. The fourth-order valence-electron chi connectivity index (χ4n) is 9.78. The van der Waals surface area contributed by atoms with Crippen molar-refractivity contribution in [2.45, 2.75) is 57.8 Å². The van der Waals surface area contributed by atoms with Gasteiger partial charge in [0.05, 0.1) is 0 Å². The number of rotatable bonds is 4. The maximum absolute atomic E-state index is 2.52. The summed E-state index contributed by atoms with van der Waals surface area (Å²) in [6.45, 7) is 14.3. The molecule has 7 aromatic carbocycles. The third-order valence-electron chi connectivity index (χ3n) is 12.7. The van der Waals surface area contributed by atoms with Crippen molar-refractivity contribution < 1.29 is 0 Å². The smallest absolute Gasteiger partial charge is 0.0468 e. The Labute approximate surface area is 308 Å². The first-order valence-corrected chi connectivity index (χ1v) is 18.7. The second-order valence-electron chi connectivity index (χ2n) is 16.6. The molecule has 52 heavy (non-hydrogen) atoms. The maximum Gasteiger partial charge on any atom is 0.0468 e. The molecule has 0 heterocycles. The first-order chi connectivity index (χ1) is 25.0. The Morgan fingerprint density at radius 3 is 1.33 bits per heavy atom. The molecule has 3 aliphatic carbocycles. The van der Waals surface area contributed by atoms with Crippen molar-refractivity contribution in [3.05, 3.63) is 185 Å². The largest absolute Gasteiger partial charge is 0.310 e. The van der Waals surface area contributed by atoms with Crippen LogP contribution in [-0.4, -0.2) is 0 Å². The summed E-state index contributed by atoms with van der Waals surface area (Å²) in [5, 5.41) is 0. The quantitative estimate of drug-likeness (QED) is 0.180. The Morgan fingerprint density at radius 2 is 0.692 bits per heavy atom. The summed E-state index contributed by atoms with van der Waals surface area (Å²) in [4.78, 5) is 2.46. The van der Waals surface area contributed by atoms with Crippen LogP contribution in [0.5, 0.6) is 0 Å². The highest BCUT2D eigenvalue weighted by Crippen LogP contribution is 2.57. The predicted octanol–water partition coefficient (Wildman–Crippen LogP) is 13.7. The van der Waals surface area contributed by atoms with Crippen molar-refractivity contribution in [1.82, 2.24) is 0 Å². The van der Waals surface area contributed by atoms with Gasteiger partial charge in [0.1, 0.15) is 0 Å². The van der Waals surface area contributed by atoms with Crippen molar-refractivity contribution in [2.75, 3.05) is 4.90 Å². The van der Waals surface area contributed by atoms with Crippen LogP contribution in [0.4, 0.5) is 17.1 Å². The van der Waals surface area contributed by atoms with E-state index in [1.165, 1.54) is 89.3 Å². The van der Waals surface area contributed by atoms with Gasteiger partial charge in [-0.1, -0.05) is 145 Å². The van der Waals surface area contributed by atoms with Gasteiger partial charge in [-0.05, 0) is 126 Å². The number of fused-ring (bicyclic) bond motifs is 9. The molecule has 0 bridgehead atoms. The number of hydrogen-bond donors (Lipinski definition) is 0. The van der Waals surface area contributed by atoms with Crippen molar-refractivity contribution >= 4 is 17.1 Å². The Kier molecular flexibility index (Phi) is 6.39. The zero-order chi connectivity index (χ0) is 35.6. The molecule has 0 aromatic heterocycles. The summed E-state index contributed by atoms with van der Waals surface area (Å²) < 4.78 is 0. The molecule has 0 spiro atoms. The van der Waals surface area contributed by atoms with Gasteiger partial charge in [0.2, 0.25) is 0 Å². The summed E-state index contributed by atoms with van der Waals surface area (Å²) in [6.07, 6.45) is 0. The van der Waals surface area contributed by atoms with Crippen molar-refractivity contribution in [3.63, 3.8) is 0 Å². The van der Waals surface area contributed by atoms with E-state index in [0.29, 0.717) is 0 Å². The molecule has 0 saturated heterocycles. The number of nitrogens with zero attached hydrogens (tertiary/aromatic N) is 1. The lowest BCUT2D eigenvalue weighted by atomic mass is 9.79. The van der Waals surface area contributed by atoms with E-state index >= 15 is 0 Å². The average Bonchev–Trinajstić information content (AvgIpc) is 3.64. The molecule has 0 radical (unpaired) electrons. The molecule has 0 N–H and O–H groups in total. The molecular weight excluding hydrogens is 627 g/mol. The third-order valence-corrected chi connectivity index (χ3v) is 12.7. The van der Waals surface area contributed by atoms with Crippen LogP contribution < -0.4 is 4.90 Å². The lowest BCUT2D eigenvalue weighted by Gasteiger charge is -2.29. The summed E-state index contributed by atoms with van der Waals surface area (Å²) in [7, 11) is 0. The molecule has 7 aromatic rings. The molecule has 0 unspecified atom stereocenters. The molecule has 0 aliphatic heterocycles. The molecule has 0 fully saturated rings. The molecular formula is C51H43N. The molecule has 0 saturated carbocycles. The molecule has 1 nitrogen and oxygen atoms in total. The summed E-state index contributed by atoms with van der Waals surface area (Å²) in [5.41, 5.74) is 22.3. The monoisotopic (exact) mass is 669 g/mol. The standard InChI is InChI=1S/C51H43N/c1-49(2)43-18-12-10-16-37(43)39-26-24-36(29-46(39)49)52(34-22-20-33(21-23-34)32-14-8-7-9-15-32)35-25-27-45-40(28-35)42-31-47-41(30-48(42)51(45,5)6)38-17-11-13-19-44(38)50(47,3)4/h7-31H,1-6H3. The first-order valence-electron chi connectivity index (χ1n) is 18.7. The molecule has 3 aliphatic rings. The van der Waals surface area contributed by atoms with Crippen LogP contribution in [0.3, 0.4) is 0 Å². The van der Waals surface area contributed by atoms with Gasteiger partial charge in [0.25, 0.3) is 0 Å². The van der Waals surface area contributed by atoms with Gasteiger partial charge < -0.3 is 4.90 Å². The molecule has 0 atom stereocenters. The van der Waals surface area contributed by atoms with E-state index in [0.717, 1.165) is 5.69 Å². The summed E-state index contributed by atoms with van der Waals surface area (Å²) in [5.74, 6) is 0. The second-order valence-corrected chi connectivity index (χ2v) is 16.6. The van der Waals surface area contributed by atoms with E-state index in [1.54, 1.807) is 0 Å². The number of hydrogen-bond acceptors (Lipinski definition) is 1. The van der Waals surface area contributed by atoms with Gasteiger partial charge in [-0.2, -0.15) is 0 Å². The van der Waals surface area contributed by atoms with Gasteiger partial charge in [0.15, 0.2) is 0 Å². The van der Waals surface area contributed by atoms with E-state index in [9.17, 15) is 0 Å². The van der Waals surface area contributed by atoms with Crippen LogP contribution in [-0.2, 0) is 16.2 Å². The first kappa shape index (κ1) is 31.1. The highest BCUT2D eigenvalue weighted by Gasteiger charge is 2.42. The van der Waals surface area contributed by atoms with Crippen LogP contribution in [0, 0.1) is 0 Å². The van der Waals surface area contributed by atoms with Gasteiger partial charge >= 0.3 is 0 Å². The van der Waals surface area contributed by atoms with E-state index in [2.05, 4.69) is 198 Å². The van der Waals surface area contributed by atoms with Crippen LogP contribution >= 0.6 is 0 Å². The van der Waals surface area contributed by atoms with Gasteiger partial charge in [-0.25, -0.2) is 0 Å². The molecule has 1 heteroatoms. The molecule has 10 rings (SSSR count). The Morgan fingerprint density at radius 1 is 0.288 bits per heavy atom. The van der Waals surface area contributed by atoms with Crippen molar-refractivity contribution in [3.8, 4) is 44.5 Å². The van der Waals surface area contributed by atoms with Crippen LogP contribution in [0.25, 0.3) is 44.5 Å². The topological polar surface area (TPSA) is 3.24 Å². The Hall–Kier alpha value is -5.66. The SMILES string of the molecule is CC1(C)c2ccccc2-c2ccc(N(c3ccc(-c4ccccc4)cc3)c3ccc4c(c3)-c3cc5c(cc3C4(C)C)-c3ccccc3C5(C)C)cc21. The van der Waals surface area contributed by atoms with Gasteiger partial charge in [0, 0.05) is 33.3 Å². The average molecular weight is 670 g/mol. The summed E-state index contributed by atoms with van der Waals surface area (Å²) >= 11 is 0. The minimum absolute atomic E-state index is 0.0488. The van der Waals surface area contributed by atoms with E-state index < -0.39 is 0 Å². The Balaban J connectivity index is 1.15. The normalized spacial score (nSPS) is 16.0. The zero-order valence-corrected chi connectivity index (χ0v) is 30.9. The maximum atomic E-state index is 2.52. The number of benzene rings is 7. The van der Waals surface area contributed by atoms with E-state index in [-0.39, 0.29) is 16.2 Å². The van der Waals surface area contributed by atoms with Crippen molar-refractivity contribution in [2.24, 2.45) is 0 Å². The fraction of sp³-hybridized carbons (Fsp3) is 0.176. The highest BCUT2D eigenvalue weighted by atomic mass is 15.1. The molecule has 0 amide bonds. The van der Waals surface area contributed by atoms with Crippen LogP contribution in [0.1, 0.15) is 74.9 Å². The zero-order valence-electron chi connectivity index (χ0n) is 30.9. The van der Waals surface area contributed by atoms with Gasteiger partial charge in [-0.15, -0.1) is 0 Å². The van der Waals surface area contributed by atoms with Crippen LogP contribution in [0.15, 0.2) is 152 Å². The third kappa shape index (κ3) is 4.23. The second kappa shape index (κ2) is 10.7. The van der Waals surface area contributed by atoms with Crippen LogP contribution in [0.2, 0.25) is 0 Å². The lowest BCUT2D eigenvalue weighted by molar-refractivity contribution is 0.652. The van der Waals surface area contributed by atoms with Gasteiger partial charge in [-0.3, -0.25) is 0 Å². The fourth-order valence-corrected chi connectivity index (χ4v) is 9.78. The minimum atomic E-state index is -0.106. The number of anilines is 3. The van der Waals surface area contributed by atoms with E-state index in [4.69, 9.17) is 0 Å². The predicted molar refractivity (Wildman–Crippen MR) is 219 cm³/mol. The minimum Gasteiger partial charge on any atom is -0.310 e. The highest BCUT2D eigenvalue weighted by molar-refractivity contribution is 5.92. The van der Waals surface area contributed by atoms with E-state index in [1.807, 2.05) is 0 Å².